The van der Waals surface area contributed by atoms with E-state index in [9.17, 15) is 13.2 Å². The first-order chi connectivity index (χ1) is 7.94. The largest absolute Gasteiger partial charge is 0.478 e. The molecule has 0 radical (unpaired) electrons. The quantitative estimate of drug-likeness (QED) is 0.776. The number of hydrogen-bond donors (Lipinski definition) is 2. The van der Waals surface area contributed by atoms with Crippen molar-refractivity contribution >= 4 is 21.6 Å². The highest BCUT2D eigenvalue weighted by Crippen LogP contribution is 2.04. The van der Waals surface area contributed by atoms with Crippen LogP contribution in [0.5, 0.6) is 0 Å². The number of aromatic carboxylic acids is 1. The Balaban J connectivity index is 2.51. The first kappa shape index (κ1) is 13.4. The number of carbonyl (C=O) groups is 1. The van der Waals surface area contributed by atoms with Crippen LogP contribution in [0.4, 0.5) is 5.82 Å². The lowest BCUT2D eigenvalue weighted by molar-refractivity contribution is 0.0696. The van der Waals surface area contributed by atoms with Crippen molar-refractivity contribution in [2.75, 3.05) is 23.4 Å². The Bertz CT molecular complexity index is 482. The number of aromatic nitrogens is 1. The average Bonchev–Trinajstić information content (AvgIpc) is 2.29. The van der Waals surface area contributed by atoms with Gasteiger partial charge in [-0.2, -0.15) is 0 Å². The Labute approximate surface area is 99.6 Å². The van der Waals surface area contributed by atoms with Gasteiger partial charge in [-0.25, -0.2) is 18.2 Å². The summed E-state index contributed by atoms with van der Waals surface area (Å²) in [6, 6.07) is 2.91. The second-order valence-electron chi connectivity index (χ2n) is 3.40. The van der Waals surface area contributed by atoms with Gasteiger partial charge in [0.15, 0.2) is 9.84 Å². The molecule has 7 heteroatoms. The molecule has 1 aromatic heterocycles. The molecular weight excluding hydrogens is 244 g/mol. The number of rotatable bonds is 6. The summed E-state index contributed by atoms with van der Waals surface area (Å²) in [5.41, 5.74) is 0.0942. The van der Waals surface area contributed by atoms with Crippen LogP contribution in [-0.4, -0.2) is 42.5 Å². The Morgan fingerprint density at radius 2 is 2.18 bits per heavy atom. The fraction of sp³-hybridized carbons (Fsp3) is 0.400. The number of nitrogens with zero attached hydrogens (tertiary/aromatic N) is 1. The number of carboxylic acids is 1. The monoisotopic (exact) mass is 258 g/mol. The summed E-state index contributed by atoms with van der Waals surface area (Å²) in [6.07, 6.45) is 1.22. The van der Waals surface area contributed by atoms with Gasteiger partial charge in [-0.15, -0.1) is 0 Å². The number of nitrogens with one attached hydrogen (secondary N) is 1. The first-order valence-electron chi connectivity index (χ1n) is 5.08. The number of sulfone groups is 1. The van der Waals surface area contributed by atoms with Crippen LogP contribution < -0.4 is 5.32 Å². The Morgan fingerprint density at radius 3 is 2.65 bits per heavy atom. The molecule has 17 heavy (non-hydrogen) atoms. The van der Waals surface area contributed by atoms with Gasteiger partial charge in [-0.1, -0.05) is 6.92 Å². The molecule has 1 rings (SSSR count). The van der Waals surface area contributed by atoms with Crippen LogP contribution in [0.1, 0.15) is 17.3 Å². The van der Waals surface area contributed by atoms with Gasteiger partial charge in [-0.3, -0.25) is 0 Å². The van der Waals surface area contributed by atoms with Crippen molar-refractivity contribution in [2.24, 2.45) is 0 Å². The second kappa shape index (κ2) is 5.62. The minimum atomic E-state index is -3.00. The van der Waals surface area contributed by atoms with Gasteiger partial charge in [-0.05, 0) is 12.1 Å². The third kappa shape index (κ3) is 4.39. The smallest absolute Gasteiger partial charge is 0.337 e. The lowest BCUT2D eigenvalue weighted by Gasteiger charge is -2.05. The average molecular weight is 258 g/mol. The third-order valence-corrected chi connectivity index (χ3v) is 3.88. The van der Waals surface area contributed by atoms with E-state index in [2.05, 4.69) is 10.3 Å². The molecule has 6 nitrogen and oxygen atoms in total. The Hall–Kier alpha value is -1.63. The predicted molar refractivity (Wildman–Crippen MR) is 64.0 cm³/mol. The van der Waals surface area contributed by atoms with Crippen LogP contribution in [0.15, 0.2) is 18.3 Å². The zero-order valence-electron chi connectivity index (χ0n) is 9.38. The zero-order valence-corrected chi connectivity index (χ0v) is 10.2. The molecule has 0 aliphatic heterocycles. The van der Waals surface area contributed by atoms with Gasteiger partial charge >= 0.3 is 5.97 Å². The second-order valence-corrected chi connectivity index (χ2v) is 5.87. The molecule has 0 amide bonds. The molecule has 0 aromatic carbocycles. The van der Waals surface area contributed by atoms with E-state index in [0.717, 1.165) is 0 Å². The highest BCUT2D eigenvalue weighted by atomic mass is 32.2. The van der Waals surface area contributed by atoms with E-state index in [-0.39, 0.29) is 23.6 Å². The summed E-state index contributed by atoms with van der Waals surface area (Å²) < 4.78 is 22.4. The molecule has 94 valence electrons. The molecule has 0 aliphatic carbocycles. The van der Waals surface area contributed by atoms with E-state index in [1.54, 1.807) is 6.92 Å². The summed E-state index contributed by atoms with van der Waals surface area (Å²) in [7, 11) is -3.00. The normalized spacial score (nSPS) is 11.1. The molecule has 1 aromatic rings. The Kier molecular flexibility index (Phi) is 4.45. The highest BCUT2D eigenvalue weighted by Gasteiger charge is 2.07. The van der Waals surface area contributed by atoms with Crippen LogP contribution in [0.2, 0.25) is 0 Å². The molecule has 0 saturated carbocycles. The number of carboxylic acid groups (broad SMARTS) is 1. The van der Waals surface area contributed by atoms with Gasteiger partial charge in [0.2, 0.25) is 0 Å². The fourth-order valence-corrected chi connectivity index (χ4v) is 1.81. The zero-order chi connectivity index (χ0) is 12.9. The summed E-state index contributed by atoms with van der Waals surface area (Å²) in [5.74, 6) is -0.440. The van der Waals surface area contributed by atoms with Crippen LogP contribution in [0.3, 0.4) is 0 Å². The van der Waals surface area contributed by atoms with E-state index < -0.39 is 15.8 Å². The van der Waals surface area contributed by atoms with Crippen molar-refractivity contribution < 1.29 is 18.3 Å². The van der Waals surface area contributed by atoms with E-state index in [1.807, 2.05) is 0 Å². The molecule has 0 saturated heterocycles. The van der Waals surface area contributed by atoms with Crippen LogP contribution in [0, 0.1) is 0 Å². The highest BCUT2D eigenvalue weighted by molar-refractivity contribution is 7.91. The number of anilines is 1. The van der Waals surface area contributed by atoms with Gasteiger partial charge in [0.05, 0.1) is 11.3 Å². The topological polar surface area (TPSA) is 96.4 Å². The predicted octanol–water partition coefficient (Wildman–Crippen LogP) is 0.626. The standard InChI is InChI=1S/C10H14N2O4S/c1-2-17(15,16)6-5-11-9-4-3-8(7-12-9)10(13)14/h3-4,7H,2,5-6H2,1H3,(H,11,12)(H,13,14). The number of pyridine rings is 1. The Morgan fingerprint density at radius 1 is 1.47 bits per heavy atom. The molecular formula is C10H14N2O4S. The molecule has 0 fully saturated rings. The molecule has 0 spiro atoms. The summed E-state index contributed by atoms with van der Waals surface area (Å²) in [5, 5.41) is 11.5. The van der Waals surface area contributed by atoms with E-state index in [0.29, 0.717) is 5.82 Å². The molecule has 1 heterocycles. The first-order valence-corrected chi connectivity index (χ1v) is 6.90. The van der Waals surface area contributed by atoms with E-state index >= 15 is 0 Å². The molecule has 0 unspecified atom stereocenters. The van der Waals surface area contributed by atoms with Crippen molar-refractivity contribution in [2.45, 2.75) is 6.92 Å². The van der Waals surface area contributed by atoms with Gasteiger partial charge in [0, 0.05) is 18.5 Å². The minimum absolute atomic E-state index is 0.0336. The molecule has 0 aliphatic rings. The van der Waals surface area contributed by atoms with E-state index in [4.69, 9.17) is 5.11 Å². The van der Waals surface area contributed by atoms with Gasteiger partial charge < -0.3 is 10.4 Å². The van der Waals surface area contributed by atoms with Gasteiger partial charge in [0.1, 0.15) is 5.82 Å². The van der Waals surface area contributed by atoms with Crippen LogP contribution in [-0.2, 0) is 9.84 Å². The molecule has 0 atom stereocenters. The van der Waals surface area contributed by atoms with Crippen molar-refractivity contribution in [3.05, 3.63) is 23.9 Å². The van der Waals surface area contributed by atoms with Crippen LogP contribution >= 0.6 is 0 Å². The fourth-order valence-electron chi connectivity index (χ4n) is 1.10. The van der Waals surface area contributed by atoms with Crippen molar-refractivity contribution in [1.82, 2.24) is 4.98 Å². The van der Waals surface area contributed by atoms with Gasteiger partial charge in [0.25, 0.3) is 0 Å². The molecule has 0 bridgehead atoms. The molecule has 2 N–H and O–H groups in total. The summed E-state index contributed by atoms with van der Waals surface area (Å²) in [4.78, 5) is 14.4. The lowest BCUT2D eigenvalue weighted by atomic mass is 10.3. The summed E-state index contributed by atoms with van der Waals surface area (Å²) >= 11 is 0. The van der Waals surface area contributed by atoms with Crippen molar-refractivity contribution in [3.63, 3.8) is 0 Å². The summed E-state index contributed by atoms with van der Waals surface area (Å²) in [6.45, 7) is 1.85. The lowest BCUT2D eigenvalue weighted by Crippen LogP contribution is -2.17. The SMILES string of the molecule is CCS(=O)(=O)CCNc1ccc(C(=O)O)cn1. The van der Waals surface area contributed by atoms with E-state index in [1.165, 1.54) is 18.3 Å². The van der Waals surface area contributed by atoms with Crippen molar-refractivity contribution in [1.29, 1.82) is 0 Å². The third-order valence-electron chi connectivity index (χ3n) is 2.17. The maximum atomic E-state index is 11.2. The maximum absolute atomic E-state index is 11.2. The van der Waals surface area contributed by atoms with Crippen molar-refractivity contribution in [3.8, 4) is 0 Å². The number of hydrogen-bond acceptors (Lipinski definition) is 5. The van der Waals surface area contributed by atoms with Crippen LogP contribution in [0.25, 0.3) is 0 Å². The maximum Gasteiger partial charge on any atom is 0.337 e. The minimum Gasteiger partial charge on any atom is -0.478 e.